The van der Waals surface area contributed by atoms with E-state index in [4.69, 9.17) is 20.9 Å². The average Bonchev–Trinajstić information content (AvgIpc) is 3.27. The molecule has 1 aromatic heterocycles. The lowest BCUT2D eigenvalue weighted by Gasteiger charge is -2.16. The molecule has 3 aromatic carbocycles. The van der Waals surface area contributed by atoms with Crippen LogP contribution in [0.15, 0.2) is 77.3 Å². The molecule has 0 saturated heterocycles. The fourth-order valence-electron chi connectivity index (χ4n) is 4.02. The molecular formula is C29H27ClFN3O5. The summed E-state index contributed by atoms with van der Waals surface area (Å²) < 4.78 is 24.9. The van der Waals surface area contributed by atoms with Crippen LogP contribution < -0.4 is 10.6 Å². The highest BCUT2D eigenvalue weighted by atomic mass is 35.5. The van der Waals surface area contributed by atoms with Gasteiger partial charge in [-0.3, -0.25) is 10.1 Å². The number of carbonyl (C=O) groups excluding carboxylic acids is 1. The zero-order valence-corrected chi connectivity index (χ0v) is 22.0. The Morgan fingerprint density at radius 1 is 1.08 bits per heavy atom. The molecule has 1 heterocycles. The maximum atomic E-state index is 14.0. The Bertz CT molecular complexity index is 1460. The summed E-state index contributed by atoms with van der Waals surface area (Å²) in [7, 11) is 0. The van der Waals surface area contributed by atoms with E-state index in [0.29, 0.717) is 38.9 Å². The first-order valence-corrected chi connectivity index (χ1v) is 12.6. The zero-order valence-electron chi connectivity index (χ0n) is 21.3. The second-order valence-electron chi connectivity index (χ2n) is 8.93. The van der Waals surface area contributed by atoms with Gasteiger partial charge in [-0.2, -0.15) is 0 Å². The molecule has 8 nitrogen and oxygen atoms in total. The van der Waals surface area contributed by atoms with Crippen molar-refractivity contribution in [3.63, 3.8) is 0 Å². The number of carboxylic acids is 1. The smallest absolute Gasteiger partial charge is 0.412 e. The normalized spacial score (nSPS) is 12.5. The van der Waals surface area contributed by atoms with Gasteiger partial charge in [0, 0.05) is 29.1 Å². The predicted molar refractivity (Wildman–Crippen MR) is 145 cm³/mol. The number of hydrogen-bond acceptors (Lipinski definition) is 6. The van der Waals surface area contributed by atoms with Crippen molar-refractivity contribution >= 4 is 29.4 Å². The third-order valence-corrected chi connectivity index (χ3v) is 6.51. The third kappa shape index (κ3) is 7.01. The van der Waals surface area contributed by atoms with E-state index in [1.54, 1.807) is 74.5 Å². The summed E-state index contributed by atoms with van der Waals surface area (Å²) in [4.78, 5) is 24.3. The van der Waals surface area contributed by atoms with Crippen LogP contribution in [0.4, 0.5) is 14.9 Å². The molecular weight excluding hydrogens is 525 g/mol. The van der Waals surface area contributed by atoms with E-state index in [0.717, 1.165) is 5.56 Å². The lowest BCUT2D eigenvalue weighted by molar-refractivity contribution is -0.139. The average molecular weight is 552 g/mol. The van der Waals surface area contributed by atoms with Crippen LogP contribution in [0.5, 0.6) is 0 Å². The molecule has 0 aliphatic rings. The number of carbonyl (C=O) groups is 2. The van der Waals surface area contributed by atoms with E-state index >= 15 is 0 Å². The highest BCUT2D eigenvalue weighted by Crippen LogP contribution is 2.32. The lowest BCUT2D eigenvalue weighted by Crippen LogP contribution is -2.38. The SMILES string of the molecule is Cc1noc(-c2ccc(CN[C@H](Cc3ccccc3F)C(=O)O)cc2)c1NC(=O)O[C@H](C)c1ccccc1Cl. The summed E-state index contributed by atoms with van der Waals surface area (Å²) in [6, 6.07) is 19.4. The van der Waals surface area contributed by atoms with Gasteiger partial charge in [0.2, 0.25) is 0 Å². The predicted octanol–water partition coefficient (Wildman–Crippen LogP) is 6.54. The minimum Gasteiger partial charge on any atom is -0.480 e. The van der Waals surface area contributed by atoms with Gasteiger partial charge < -0.3 is 19.7 Å². The molecule has 0 saturated carbocycles. The van der Waals surface area contributed by atoms with Crippen LogP contribution in [-0.4, -0.2) is 28.4 Å². The molecule has 0 aliphatic heterocycles. The van der Waals surface area contributed by atoms with E-state index in [1.165, 1.54) is 6.07 Å². The molecule has 2 atom stereocenters. The Hall–Kier alpha value is -4.21. The molecule has 202 valence electrons. The Kier molecular flexibility index (Phi) is 8.96. The minimum atomic E-state index is -1.07. The van der Waals surface area contributed by atoms with Crippen LogP contribution in [0.25, 0.3) is 11.3 Å². The molecule has 4 rings (SSSR count). The van der Waals surface area contributed by atoms with Gasteiger partial charge in [-0.15, -0.1) is 0 Å². The summed E-state index contributed by atoms with van der Waals surface area (Å²) in [6.07, 6.45) is -1.26. The maximum Gasteiger partial charge on any atom is 0.412 e. The molecule has 0 fully saturated rings. The van der Waals surface area contributed by atoms with Crippen LogP contribution in [0.2, 0.25) is 5.02 Å². The van der Waals surface area contributed by atoms with Crippen molar-refractivity contribution in [2.45, 2.75) is 39.0 Å². The van der Waals surface area contributed by atoms with E-state index < -0.39 is 30.0 Å². The number of carboxylic acid groups (broad SMARTS) is 1. The van der Waals surface area contributed by atoms with E-state index in [2.05, 4.69) is 15.8 Å². The third-order valence-electron chi connectivity index (χ3n) is 6.17. The minimum absolute atomic E-state index is 0.0116. The van der Waals surface area contributed by atoms with Gasteiger partial charge >= 0.3 is 12.1 Å². The van der Waals surface area contributed by atoms with E-state index in [9.17, 15) is 19.1 Å². The Morgan fingerprint density at radius 2 is 1.77 bits per heavy atom. The standard InChI is InChI=1S/C29H27ClFN3O5/c1-17-26(33-29(37)38-18(2)22-8-4-5-9-23(22)30)27(39-34-17)20-13-11-19(12-14-20)16-32-25(28(35)36)15-21-7-3-6-10-24(21)31/h3-14,18,25,32H,15-16H2,1-2H3,(H,33,37)(H,35,36)/t18-,25-/m1/s1. The molecule has 0 spiro atoms. The number of ether oxygens (including phenoxy) is 1. The summed E-state index contributed by atoms with van der Waals surface area (Å²) in [5.74, 6) is -1.17. The summed E-state index contributed by atoms with van der Waals surface area (Å²) in [5, 5.41) is 19.7. The molecule has 0 radical (unpaired) electrons. The summed E-state index contributed by atoms with van der Waals surface area (Å²) in [5.41, 5.74) is 3.30. The van der Waals surface area contributed by atoms with Crippen molar-refractivity contribution in [1.29, 1.82) is 0 Å². The van der Waals surface area contributed by atoms with Crippen molar-refractivity contribution in [3.05, 3.63) is 106 Å². The van der Waals surface area contributed by atoms with Gasteiger partial charge in [0.05, 0.1) is 0 Å². The number of hydrogen-bond donors (Lipinski definition) is 3. The molecule has 0 bridgehead atoms. The van der Waals surface area contributed by atoms with Crippen LogP contribution in [0, 0.1) is 12.7 Å². The Labute approximate surface area is 229 Å². The zero-order chi connectivity index (χ0) is 27.9. The van der Waals surface area contributed by atoms with E-state index in [1.807, 2.05) is 6.07 Å². The van der Waals surface area contributed by atoms with Crippen molar-refractivity contribution in [3.8, 4) is 11.3 Å². The fourth-order valence-corrected chi connectivity index (χ4v) is 4.31. The summed E-state index contributed by atoms with van der Waals surface area (Å²) >= 11 is 6.20. The second-order valence-corrected chi connectivity index (χ2v) is 9.34. The highest BCUT2D eigenvalue weighted by molar-refractivity contribution is 6.31. The van der Waals surface area contributed by atoms with Gasteiger partial charge in [-0.1, -0.05) is 77.4 Å². The quantitative estimate of drug-likeness (QED) is 0.205. The highest BCUT2D eigenvalue weighted by Gasteiger charge is 2.22. The molecule has 0 aliphatic carbocycles. The molecule has 3 N–H and O–H groups in total. The monoisotopic (exact) mass is 551 g/mol. The van der Waals surface area contributed by atoms with Crippen molar-refractivity contribution in [1.82, 2.24) is 10.5 Å². The number of nitrogens with one attached hydrogen (secondary N) is 2. The molecule has 1 amide bonds. The Balaban J connectivity index is 1.40. The first-order chi connectivity index (χ1) is 18.7. The first-order valence-electron chi connectivity index (χ1n) is 12.2. The molecule has 10 heteroatoms. The van der Waals surface area contributed by atoms with Gasteiger partial charge in [-0.05, 0) is 37.1 Å². The topological polar surface area (TPSA) is 114 Å². The molecule has 4 aromatic rings. The van der Waals surface area contributed by atoms with Crippen LogP contribution >= 0.6 is 11.6 Å². The number of aryl methyl sites for hydroxylation is 1. The van der Waals surface area contributed by atoms with Gasteiger partial charge in [0.25, 0.3) is 0 Å². The number of rotatable bonds is 10. The van der Waals surface area contributed by atoms with Crippen LogP contribution in [0.1, 0.15) is 35.4 Å². The van der Waals surface area contributed by atoms with Gasteiger partial charge in [0.1, 0.15) is 29.3 Å². The second kappa shape index (κ2) is 12.6. The van der Waals surface area contributed by atoms with Gasteiger partial charge in [0.15, 0.2) is 5.76 Å². The maximum absolute atomic E-state index is 14.0. The van der Waals surface area contributed by atoms with Gasteiger partial charge in [-0.25, -0.2) is 9.18 Å². The number of benzene rings is 3. The summed E-state index contributed by atoms with van der Waals surface area (Å²) in [6.45, 7) is 3.67. The first kappa shape index (κ1) is 27.8. The van der Waals surface area contributed by atoms with Crippen molar-refractivity contribution in [2.75, 3.05) is 5.32 Å². The number of halogens is 2. The van der Waals surface area contributed by atoms with Crippen LogP contribution in [0.3, 0.4) is 0 Å². The number of amides is 1. The number of aliphatic carboxylic acids is 1. The lowest BCUT2D eigenvalue weighted by atomic mass is 10.0. The fraction of sp³-hybridized carbons (Fsp3) is 0.207. The largest absolute Gasteiger partial charge is 0.480 e. The van der Waals surface area contributed by atoms with E-state index in [-0.39, 0.29) is 13.0 Å². The van der Waals surface area contributed by atoms with Crippen LogP contribution in [-0.2, 0) is 22.5 Å². The number of nitrogens with zero attached hydrogens (tertiary/aromatic N) is 1. The number of anilines is 1. The molecule has 39 heavy (non-hydrogen) atoms. The van der Waals surface area contributed by atoms with Crippen molar-refractivity contribution < 1.29 is 28.3 Å². The number of aromatic nitrogens is 1. The Morgan fingerprint density at radius 3 is 2.46 bits per heavy atom. The van der Waals surface area contributed by atoms with Crippen molar-refractivity contribution in [2.24, 2.45) is 0 Å². The molecule has 0 unspecified atom stereocenters.